The number of amides is 2. The quantitative estimate of drug-likeness (QED) is 0.124. The molecule has 2 N–H and O–H groups in total. The van der Waals surface area contributed by atoms with Crippen LogP contribution in [0.25, 0.3) is 5.57 Å². The summed E-state index contributed by atoms with van der Waals surface area (Å²) in [5.41, 5.74) is -2.22. The zero-order valence-corrected chi connectivity index (χ0v) is 23.1. The summed E-state index contributed by atoms with van der Waals surface area (Å²) >= 11 is 1.16. The number of carbonyl (C=O) groups is 2. The molecule has 1 heterocycles. The Morgan fingerprint density at radius 3 is 2.24 bits per heavy atom. The third-order valence-electron chi connectivity index (χ3n) is 6.97. The Morgan fingerprint density at radius 1 is 1.00 bits per heavy atom. The topological polar surface area (TPSA) is 67.4 Å². The van der Waals surface area contributed by atoms with Gasteiger partial charge in [0.15, 0.2) is 5.54 Å². The zero-order chi connectivity index (χ0) is 29.8. The number of aryl methyl sites for hydroxylation is 1. The van der Waals surface area contributed by atoms with Crippen molar-refractivity contribution >= 4 is 29.3 Å². The number of rotatable bonds is 11. The molecule has 12 heteroatoms. The van der Waals surface area contributed by atoms with Crippen LogP contribution >= 0.6 is 11.9 Å². The van der Waals surface area contributed by atoms with E-state index in [2.05, 4.69) is 10.0 Å². The van der Waals surface area contributed by atoms with Crippen LogP contribution in [0.4, 0.5) is 26.3 Å². The molecule has 1 fully saturated rings. The Labute approximate surface area is 238 Å². The molecular weight excluding hydrogens is 570 g/mol. The molecular formula is C29H30F6N2O3S. The van der Waals surface area contributed by atoms with Gasteiger partial charge in [0.25, 0.3) is 11.8 Å². The maximum absolute atomic E-state index is 14.9. The zero-order valence-electron chi connectivity index (χ0n) is 22.3. The van der Waals surface area contributed by atoms with Gasteiger partial charge >= 0.3 is 12.4 Å². The monoisotopic (exact) mass is 600 g/mol. The highest BCUT2D eigenvalue weighted by Gasteiger charge is 2.60. The molecule has 2 aliphatic rings. The van der Waals surface area contributed by atoms with Crippen LogP contribution in [0.3, 0.4) is 0 Å². The molecule has 41 heavy (non-hydrogen) atoms. The summed E-state index contributed by atoms with van der Waals surface area (Å²) in [6.07, 6.45) is -8.28. The SMILES string of the molecule is Cc1ccc(C2=C(C(=O)NSC3CC3)C(=O)N[C@@](c3ccc(OCCCCCC(F)(F)F)cc3)(C(F)(F)F)C2)cc1. The summed E-state index contributed by atoms with van der Waals surface area (Å²) in [6.45, 7) is 1.92. The minimum atomic E-state index is -4.93. The average molecular weight is 601 g/mol. The van der Waals surface area contributed by atoms with E-state index in [1.165, 1.54) is 24.3 Å². The highest BCUT2D eigenvalue weighted by molar-refractivity contribution is 7.98. The Balaban J connectivity index is 1.58. The lowest BCUT2D eigenvalue weighted by Gasteiger charge is -2.41. The number of halogens is 6. The second kappa shape index (κ2) is 12.4. The lowest BCUT2D eigenvalue weighted by molar-refractivity contribution is -0.201. The number of hydrogen-bond donors (Lipinski definition) is 2. The van der Waals surface area contributed by atoms with Crippen molar-refractivity contribution in [2.75, 3.05) is 6.61 Å². The minimum absolute atomic E-state index is 0.0147. The molecule has 1 saturated carbocycles. The average Bonchev–Trinajstić information content (AvgIpc) is 3.73. The van der Waals surface area contributed by atoms with E-state index in [0.29, 0.717) is 18.4 Å². The highest BCUT2D eigenvalue weighted by atomic mass is 32.2. The molecule has 1 atom stereocenters. The van der Waals surface area contributed by atoms with E-state index in [9.17, 15) is 35.9 Å². The largest absolute Gasteiger partial charge is 0.494 e. The number of ether oxygens (including phenoxy) is 1. The smallest absolute Gasteiger partial charge is 0.416 e. The number of carbonyl (C=O) groups excluding carboxylic acids is 2. The molecule has 0 bridgehead atoms. The lowest BCUT2D eigenvalue weighted by Crippen LogP contribution is -2.59. The third kappa shape index (κ3) is 7.78. The summed E-state index contributed by atoms with van der Waals surface area (Å²) in [5, 5.41) is 2.33. The highest BCUT2D eigenvalue weighted by Crippen LogP contribution is 2.49. The van der Waals surface area contributed by atoms with Gasteiger partial charge in [-0.15, -0.1) is 0 Å². The predicted octanol–water partition coefficient (Wildman–Crippen LogP) is 7.15. The van der Waals surface area contributed by atoms with E-state index in [0.717, 1.165) is 30.4 Å². The van der Waals surface area contributed by atoms with Crippen molar-refractivity contribution in [3.05, 3.63) is 70.8 Å². The molecule has 0 saturated heterocycles. The van der Waals surface area contributed by atoms with Crippen molar-refractivity contribution in [3.63, 3.8) is 0 Å². The molecule has 0 radical (unpaired) electrons. The summed E-state index contributed by atoms with van der Waals surface area (Å²) in [6, 6.07) is 11.7. The van der Waals surface area contributed by atoms with Crippen LogP contribution in [0.2, 0.25) is 0 Å². The van der Waals surface area contributed by atoms with Gasteiger partial charge in [-0.25, -0.2) is 0 Å². The Morgan fingerprint density at radius 2 is 1.66 bits per heavy atom. The maximum Gasteiger partial charge on any atom is 0.416 e. The molecule has 0 aromatic heterocycles. The number of benzene rings is 2. The van der Waals surface area contributed by atoms with Gasteiger partial charge in [0.05, 0.1) is 6.61 Å². The Bertz CT molecular complexity index is 1270. The van der Waals surface area contributed by atoms with Crippen LogP contribution in [-0.4, -0.2) is 36.0 Å². The van der Waals surface area contributed by atoms with Crippen molar-refractivity contribution in [2.24, 2.45) is 0 Å². The molecule has 2 amide bonds. The second-order valence-electron chi connectivity index (χ2n) is 10.3. The van der Waals surface area contributed by atoms with Crippen LogP contribution in [0.1, 0.15) is 61.6 Å². The van der Waals surface area contributed by atoms with Crippen molar-refractivity contribution in [1.29, 1.82) is 0 Å². The molecule has 222 valence electrons. The van der Waals surface area contributed by atoms with Gasteiger partial charge in [-0.2, -0.15) is 26.3 Å². The minimum Gasteiger partial charge on any atom is -0.494 e. The molecule has 1 aliphatic heterocycles. The van der Waals surface area contributed by atoms with Crippen LogP contribution in [0.5, 0.6) is 5.75 Å². The van der Waals surface area contributed by atoms with E-state index in [1.807, 2.05) is 6.92 Å². The van der Waals surface area contributed by atoms with E-state index in [4.69, 9.17) is 4.74 Å². The Kier molecular flexibility index (Phi) is 9.30. The fourth-order valence-corrected chi connectivity index (χ4v) is 5.29. The van der Waals surface area contributed by atoms with Crippen molar-refractivity contribution in [2.45, 2.75) is 75.0 Å². The second-order valence-corrected chi connectivity index (χ2v) is 11.4. The normalized spacial score (nSPS) is 19.6. The summed E-state index contributed by atoms with van der Waals surface area (Å²) in [4.78, 5) is 26.3. The van der Waals surface area contributed by atoms with E-state index in [1.54, 1.807) is 24.3 Å². The standard InChI is InChI=1S/C29H30F6N2O3S/c1-18-5-7-19(8-6-18)23-17-27(29(33,34)35,36-25(38)24(23)26(39)37-41-22-13-14-22)20-9-11-21(12-10-20)40-16-4-2-3-15-28(30,31)32/h5-12,22H,2-4,13-17H2,1H3,(H,36,38)(H,37,39)/t27-/m0/s1. The summed E-state index contributed by atoms with van der Waals surface area (Å²) in [5.74, 6) is -1.63. The van der Waals surface area contributed by atoms with E-state index >= 15 is 0 Å². The summed E-state index contributed by atoms with van der Waals surface area (Å²) in [7, 11) is 0. The van der Waals surface area contributed by atoms with Crippen LogP contribution < -0.4 is 14.8 Å². The molecule has 0 spiro atoms. The van der Waals surface area contributed by atoms with Crippen molar-refractivity contribution in [3.8, 4) is 5.75 Å². The Hall–Kier alpha value is -3.15. The van der Waals surface area contributed by atoms with Crippen molar-refractivity contribution in [1.82, 2.24) is 10.0 Å². The molecule has 2 aromatic carbocycles. The van der Waals surface area contributed by atoms with Gasteiger partial charge in [-0.1, -0.05) is 42.0 Å². The van der Waals surface area contributed by atoms with Gasteiger partial charge in [-0.3, -0.25) is 14.3 Å². The summed E-state index contributed by atoms with van der Waals surface area (Å²) < 4.78 is 89.5. The lowest BCUT2D eigenvalue weighted by atomic mass is 9.76. The van der Waals surface area contributed by atoms with Crippen LogP contribution in [0, 0.1) is 6.92 Å². The first-order valence-corrected chi connectivity index (χ1v) is 14.1. The molecule has 4 rings (SSSR count). The first-order valence-electron chi connectivity index (χ1n) is 13.2. The first-order chi connectivity index (χ1) is 19.3. The van der Waals surface area contributed by atoms with Gasteiger partial charge in [0.1, 0.15) is 11.3 Å². The fraction of sp³-hybridized carbons (Fsp3) is 0.448. The van der Waals surface area contributed by atoms with Crippen LogP contribution in [-0.2, 0) is 15.1 Å². The van der Waals surface area contributed by atoms with Gasteiger partial charge in [0.2, 0.25) is 0 Å². The fourth-order valence-electron chi connectivity index (χ4n) is 4.55. The number of nitrogens with one attached hydrogen (secondary N) is 2. The van der Waals surface area contributed by atoms with Crippen LogP contribution in [0.15, 0.2) is 54.1 Å². The van der Waals surface area contributed by atoms with Crippen molar-refractivity contribution < 1.29 is 40.7 Å². The number of hydrogen-bond acceptors (Lipinski definition) is 4. The maximum atomic E-state index is 14.9. The predicted molar refractivity (Wildman–Crippen MR) is 144 cm³/mol. The van der Waals surface area contributed by atoms with Gasteiger partial charge < -0.3 is 10.1 Å². The molecule has 0 unspecified atom stereocenters. The van der Waals surface area contributed by atoms with Gasteiger partial charge in [0, 0.05) is 18.1 Å². The number of unbranched alkanes of at least 4 members (excludes halogenated alkanes) is 2. The van der Waals surface area contributed by atoms with Gasteiger partial charge in [-0.05, 0) is 79.8 Å². The molecule has 1 aliphatic carbocycles. The van der Waals surface area contributed by atoms with E-state index in [-0.39, 0.29) is 40.7 Å². The first kappa shape index (κ1) is 30.8. The molecule has 5 nitrogen and oxygen atoms in total. The van der Waals surface area contributed by atoms with E-state index < -0.39 is 42.5 Å². The number of alkyl halides is 6. The molecule has 2 aromatic rings. The third-order valence-corrected chi connectivity index (χ3v) is 8.08.